The summed E-state index contributed by atoms with van der Waals surface area (Å²) in [5.74, 6) is 0.569. The molecule has 0 aliphatic rings. The van der Waals surface area contributed by atoms with Gasteiger partial charge < -0.3 is 15.8 Å². The largest absolute Gasteiger partial charge is 0.495 e. The van der Waals surface area contributed by atoms with E-state index >= 15 is 0 Å². The summed E-state index contributed by atoms with van der Waals surface area (Å²) >= 11 is 5.87. The molecule has 5 heteroatoms. The number of hydrogen-bond donors (Lipinski definition) is 2. The molecule has 76 valence electrons. The summed E-state index contributed by atoms with van der Waals surface area (Å²) < 4.78 is 5.01. The van der Waals surface area contributed by atoms with E-state index in [1.54, 1.807) is 12.1 Å². The van der Waals surface area contributed by atoms with Crippen LogP contribution in [-0.2, 0) is 0 Å². The predicted octanol–water partition coefficient (Wildman–Crippen LogP) is 2.15. The number of primary amides is 1. The van der Waals surface area contributed by atoms with Gasteiger partial charge in [-0.1, -0.05) is 11.6 Å². The second-order valence-corrected chi connectivity index (χ2v) is 3.20. The van der Waals surface area contributed by atoms with Crippen LogP contribution in [0.5, 0.6) is 5.75 Å². The van der Waals surface area contributed by atoms with Gasteiger partial charge >= 0.3 is 6.03 Å². The Morgan fingerprint density at radius 2 is 2.21 bits per heavy atom. The Labute approximate surface area is 87.0 Å². The number of anilines is 1. The molecule has 1 rings (SSSR count). The molecule has 0 atom stereocenters. The first-order chi connectivity index (χ1) is 6.54. The molecule has 0 spiro atoms. The third-order valence-electron chi connectivity index (χ3n) is 1.76. The van der Waals surface area contributed by atoms with Gasteiger partial charge in [-0.3, -0.25) is 0 Å². The average Bonchev–Trinajstić information content (AvgIpc) is 2.10. The van der Waals surface area contributed by atoms with E-state index < -0.39 is 6.03 Å². The highest BCUT2D eigenvalue weighted by atomic mass is 35.5. The number of hydrogen-bond acceptors (Lipinski definition) is 2. The van der Waals surface area contributed by atoms with E-state index in [1.807, 2.05) is 6.92 Å². The standard InChI is InChI=1S/C9H11ClN2O2/c1-5-3-8(14-2)6(10)4-7(5)12-9(11)13/h3-4H,1-2H3,(H3,11,12,13). The molecule has 0 fully saturated rings. The molecule has 4 nitrogen and oxygen atoms in total. The maximum Gasteiger partial charge on any atom is 0.316 e. The molecule has 0 aliphatic heterocycles. The number of nitrogens with two attached hydrogens (primary N) is 1. The minimum absolute atomic E-state index is 0.432. The second-order valence-electron chi connectivity index (χ2n) is 2.79. The normalized spacial score (nSPS) is 9.64. The second kappa shape index (κ2) is 4.19. The average molecular weight is 215 g/mol. The van der Waals surface area contributed by atoms with Crippen molar-refractivity contribution in [2.45, 2.75) is 6.92 Å². The molecule has 2 amide bonds. The molecule has 0 aliphatic carbocycles. The van der Waals surface area contributed by atoms with Crippen LogP contribution in [0.4, 0.5) is 10.5 Å². The minimum atomic E-state index is -0.616. The zero-order valence-electron chi connectivity index (χ0n) is 7.93. The molecule has 1 aromatic carbocycles. The first-order valence-electron chi connectivity index (χ1n) is 3.95. The van der Waals surface area contributed by atoms with Gasteiger partial charge in [0.05, 0.1) is 12.1 Å². The van der Waals surface area contributed by atoms with Crippen molar-refractivity contribution < 1.29 is 9.53 Å². The molecular weight excluding hydrogens is 204 g/mol. The van der Waals surface area contributed by atoms with Gasteiger partial charge in [0.1, 0.15) is 5.75 Å². The molecule has 0 unspecified atom stereocenters. The summed E-state index contributed by atoms with van der Waals surface area (Å²) in [6.07, 6.45) is 0. The Hall–Kier alpha value is -1.42. The number of nitrogens with one attached hydrogen (secondary N) is 1. The molecule has 0 bridgehead atoms. The molecular formula is C9H11ClN2O2. The van der Waals surface area contributed by atoms with Crippen LogP contribution in [-0.4, -0.2) is 13.1 Å². The van der Waals surface area contributed by atoms with E-state index in [2.05, 4.69) is 5.32 Å². The first kappa shape index (κ1) is 10.7. The summed E-state index contributed by atoms with van der Waals surface area (Å²) in [5, 5.41) is 2.90. The number of benzene rings is 1. The third kappa shape index (κ3) is 2.29. The molecule has 0 saturated carbocycles. The maximum absolute atomic E-state index is 10.6. The smallest absolute Gasteiger partial charge is 0.316 e. The highest BCUT2D eigenvalue weighted by molar-refractivity contribution is 6.32. The molecule has 0 aromatic heterocycles. The lowest BCUT2D eigenvalue weighted by Gasteiger charge is -2.09. The van der Waals surface area contributed by atoms with Crippen LogP contribution in [0, 0.1) is 6.92 Å². The molecule has 0 heterocycles. The monoisotopic (exact) mass is 214 g/mol. The zero-order chi connectivity index (χ0) is 10.7. The Kier molecular flexibility index (Phi) is 3.19. The van der Waals surface area contributed by atoms with E-state index in [0.29, 0.717) is 16.5 Å². The fourth-order valence-corrected chi connectivity index (χ4v) is 1.32. The molecule has 0 radical (unpaired) electrons. The van der Waals surface area contributed by atoms with E-state index in [4.69, 9.17) is 22.1 Å². The third-order valence-corrected chi connectivity index (χ3v) is 2.05. The van der Waals surface area contributed by atoms with Gasteiger partial charge in [-0.05, 0) is 24.6 Å². The van der Waals surface area contributed by atoms with Gasteiger partial charge in [-0.25, -0.2) is 4.79 Å². The summed E-state index contributed by atoms with van der Waals surface area (Å²) in [4.78, 5) is 10.6. The van der Waals surface area contributed by atoms with Gasteiger partial charge in [0.15, 0.2) is 0 Å². The summed E-state index contributed by atoms with van der Waals surface area (Å²) in [7, 11) is 1.53. The van der Waals surface area contributed by atoms with Gasteiger partial charge in [0, 0.05) is 5.69 Å². The van der Waals surface area contributed by atoms with Crippen LogP contribution in [0.15, 0.2) is 12.1 Å². The van der Waals surface area contributed by atoms with Crippen molar-refractivity contribution in [3.8, 4) is 5.75 Å². The summed E-state index contributed by atoms with van der Waals surface area (Å²) in [5.41, 5.74) is 6.41. The summed E-state index contributed by atoms with van der Waals surface area (Å²) in [6, 6.07) is 2.71. The van der Waals surface area contributed by atoms with Gasteiger partial charge in [-0.2, -0.15) is 0 Å². The number of rotatable bonds is 2. The van der Waals surface area contributed by atoms with Crippen LogP contribution in [0.25, 0.3) is 0 Å². The van der Waals surface area contributed by atoms with Crippen molar-refractivity contribution >= 4 is 23.3 Å². The molecule has 14 heavy (non-hydrogen) atoms. The molecule has 3 N–H and O–H groups in total. The van der Waals surface area contributed by atoms with Crippen molar-refractivity contribution in [3.05, 3.63) is 22.7 Å². The fraction of sp³-hybridized carbons (Fsp3) is 0.222. The van der Waals surface area contributed by atoms with E-state index in [-0.39, 0.29) is 0 Å². The number of urea groups is 1. The summed E-state index contributed by atoms with van der Waals surface area (Å²) in [6.45, 7) is 1.82. The number of aryl methyl sites for hydroxylation is 1. The first-order valence-corrected chi connectivity index (χ1v) is 4.33. The van der Waals surface area contributed by atoms with E-state index in [1.165, 1.54) is 7.11 Å². The van der Waals surface area contributed by atoms with Crippen LogP contribution in [0.2, 0.25) is 5.02 Å². The van der Waals surface area contributed by atoms with Crippen molar-refractivity contribution in [3.63, 3.8) is 0 Å². The number of carbonyl (C=O) groups excluding carboxylic acids is 1. The van der Waals surface area contributed by atoms with Crippen LogP contribution in [0.1, 0.15) is 5.56 Å². The van der Waals surface area contributed by atoms with Gasteiger partial charge in [-0.15, -0.1) is 0 Å². The number of ether oxygens (including phenoxy) is 1. The van der Waals surface area contributed by atoms with Crippen LogP contribution in [0.3, 0.4) is 0 Å². The van der Waals surface area contributed by atoms with E-state index in [9.17, 15) is 4.79 Å². The van der Waals surface area contributed by atoms with Crippen LogP contribution < -0.4 is 15.8 Å². The van der Waals surface area contributed by atoms with Crippen molar-refractivity contribution in [2.75, 3.05) is 12.4 Å². The Bertz CT molecular complexity index is 366. The lowest BCUT2D eigenvalue weighted by molar-refractivity contribution is 0.259. The van der Waals surface area contributed by atoms with Gasteiger partial charge in [0.2, 0.25) is 0 Å². The van der Waals surface area contributed by atoms with Crippen LogP contribution >= 0.6 is 11.6 Å². The topological polar surface area (TPSA) is 64.3 Å². The molecule has 0 saturated heterocycles. The SMILES string of the molecule is COc1cc(C)c(NC(N)=O)cc1Cl. The van der Waals surface area contributed by atoms with Crippen molar-refractivity contribution in [1.82, 2.24) is 0 Å². The number of carbonyl (C=O) groups is 1. The highest BCUT2D eigenvalue weighted by Crippen LogP contribution is 2.30. The number of amides is 2. The number of halogens is 1. The Morgan fingerprint density at radius 1 is 1.57 bits per heavy atom. The number of methoxy groups -OCH3 is 1. The van der Waals surface area contributed by atoms with Gasteiger partial charge in [0.25, 0.3) is 0 Å². The minimum Gasteiger partial charge on any atom is -0.495 e. The lowest BCUT2D eigenvalue weighted by atomic mass is 10.2. The van der Waals surface area contributed by atoms with E-state index in [0.717, 1.165) is 5.56 Å². The zero-order valence-corrected chi connectivity index (χ0v) is 8.68. The Morgan fingerprint density at radius 3 is 2.71 bits per heavy atom. The maximum atomic E-state index is 10.6. The molecule has 1 aromatic rings. The predicted molar refractivity (Wildman–Crippen MR) is 55.9 cm³/mol. The Balaban J connectivity index is 3.08. The fourth-order valence-electron chi connectivity index (χ4n) is 1.08. The quantitative estimate of drug-likeness (QED) is 0.792. The van der Waals surface area contributed by atoms with Crippen molar-refractivity contribution in [2.24, 2.45) is 5.73 Å². The highest BCUT2D eigenvalue weighted by Gasteiger charge is 2.06. The van der Waals surface area contributed by atoms with Crippen molar-refractivity contribution in [1.29, 1.82) is 0 Å². The lowest BCUT2D eigenvalue weighted by Crippen LogP contribution is -2.19.